The van der Waals surface area contributed by atoms with Crippen LogP contribution >= 0.6 is 11.6 Å². The first-order valence-corrected chi connectivity index (χ1v) is 5.39. The minimum atomic E-state index is -0.281. The lowest BCUT2D eigenvalue weighted by molar-refractivity contribution is -0.130. The first-order valence-electron chi connectivity index (χ1n) is 5.01. The Morgan fingerprint density at radius 1 is 1.59 bits per heavy atom. The molecule has 0 radical (unpaired) electrons. The topological polar surface area (TPSA) is 66.1 Å². The first kappa shape index (κ1) is 13.3. The van der Waals surface area contributed by atoms with Gasteiger partial charge in [-0.05, 0) is 6.07 Å². The summed E-state index contributed by atoms with van der Waals surface area (Å²) >= 11 is 5.74. The van der Waals surface area contributed by atoms with Crippen molar-refractivity contribution in [2.75, 3.05) is 13.6 Å². The van der Waals surface area contributed by atoms with Gasteiger partial charge in [0.05, 0.1) is 17.5 Å². The molecule has 17 heavy (non-hydrogen) atoms. The summed E-state index contributed by atoms with van der Waals surface area (Å²) in [6, 6.07) is 4.74. The van der Waals surface area contributed by atoms with Crippen LogP contribution in [-0.4, -0.2) is 29.0 Å². The van der Waals surface area contributed by atoms with Gasteiger partial charge in [0, 0.05) is 25.9 Å². The van der Waals surface area contributed by atoms with E-state index >= 15 is 0 Å². The number of nitriles is 1. The van der Waals surface area contributed by atoms with Gasteiger partial charge in [-0.25, -0.2) is 0 Å². The van der Waals surface area contributed by atoms with E-state index in [1.54, 1.807) is 7.05 Å². The smallest absolute Gasteiger partial charge is 0.251 e. The van der Waals surface area contributed by atoms with E-state index in [1.807, 2.05) is 6.07 Å². The summed E-state index contributed by atoms with van der Waals surface area (Å²) in [5.41, 5.74) is -0.281. The molecule has 1 amide bonds. The minimum Gasteiger partial charge on any atom is -0.343 e. The summed E-state index contributed by atoms with van der Waals surface area (Å²) in [5.74, 6) is -0.232. The Hall–Kier alpha value is -1.80. The zero-order valence-corrected chi connectivity index (χ0v) is 10.1. The average molecular weight is 254 g/mol. The van der Waals surface area contributed by atoms with E-state index in [9.17, 15) is 9.59 Å². The molecule has 0 spiro atoms. The van der Waals surface area contributed by atoms with E-state index in [2.05, 4.69) is 0 Å². The van der Waals surface area contributed by atoms with Crippen LogP contribution in [0.25, 0.3) is 0 Å². The molecule has 0 aliphatic heterocycles. The van der Waals surface area contributed by atoms with Crippen LogP contribution in [0.3, 0.4) is 0 Å². The second-order valence-corrected chi connectivity index (χ2v) is 3.97. The van der Waals surface area contributed by atoms with Crippen LogP contribution in [0.2, 0.25) is 5.02 Å². The quantitative estimate of drug-likeness (QED) is 0.800. The molecule has 0 unspecified atom stereocenters. The predicted octanol–water partition coefficient (Wildman–Crippen LogP) is 0.874. The molecule has 0 fully saturated rings. The molecule has 1 aromatic rings. The number of carbonyl (C=O) groups is 1. The van der Waals surface area contributed by atoms with Gasteiger partial charge >= 0.3 is 0 Å². The predicted molar refractivity (Wildman–Crippen MR) is 63.6 cm³/mol. The van der Waals surface area contributed by atoms with E-state index in [4.69, 9.17) is 16.9 Å². The molecule has 1 rings (SSSR count). The highest BCUT2D eigenvalue weighted by Crippen LogP contribution is 2.03. The molecule has 0 atom stereocenters. The lowest BCUT2D eigenvalue weighted by atomic mass is 10.4. The first-order chi connectivity index (χ1) is 8.04. The van der Waals surface area contributed by atoms with Gasteiger partial charge in [-0.15, -0.1) is 0 Å². The Morgan fingerprint density at radius 2 is 2.29 bits per heavy atom. The molecule has 0 aliphatic rings. The molecular formula is C11H12ClN3O2. The zero-order valence-electron chi connectivity index (χ0n) is 9.39. The van der Waals surface area contributed by atoms with Gasteiger partial charge in [0.1, 0.15) is 6.54 Å². The Bertz CT molecular complexity index is 504. The Morgan fingerprint density at radius 3 is 2.94 bits per heavy atom. The van der Waals surface area contributed by atoms with Gasteiger partial charge in [-0.1, -0.05) is 11.6 Å². The van der Waals surface area contributed by atoms with Crippen molar-refractivity contribution in [1.29, 1.82) is 5.26 Å². The molecule has 1 aromatic heterocycles. The summed E-state index contributed by atoms with van der Waals surface area (Å²) in [5, 5.41) is 8.81. The summed E-state index contributed by atoms with van der Waals surface area (Å²) < 4.78 is 1.24. The molecule has 6 heteroatoms. The Labute approximate surface area is 104 Å². The second-order valence-electron chi connectivity index (χ2n) is 3.54. The summed E-state index contributed by atoms with van der Waals surface area (Å²) in [4.78, 5) is 24.5. The highest BCUT2D eigenvalue weighted by molar-refractivity contribution is 6.30. The molecule has 90 valence electrons. The highest BCUT2D eigenvalue weighted by atomic mass is 35.5. The van der Waals surface area contributed by atoms with E-state index in [1.165, 1.54) is 27.8 Å². The van der Waals surface area contributed by atoms with E-state index < -0.39 is 0 Å². The van der Waals surface area contributed by atoms with Crippen LogP contribution in [0, 0.1) is 11.3 Å². The largest absolute Gasteiger partial charge is 0.343 e. The van der Waals surface area contributed by atoms with Crippen molar-refractivity contribution in [1.82, 2.24) is 9.47 Å². The number of aromatic nitrogens is 1. The maximum absolute atomic E-state index is 11.7. The number of halogens is 1. The van der Waals surface area contributed by atoms with Crippen molar-refractivity contribution >= 4 is 17.5 Å². The van der Waals surface area contributed by atoms with Gasteiger partial charge < -0.3 is 9.47 Å². The summed E-state index contributed by atoms with van der Waals surface area (Å²) in [6.07, 6.45) is 1.69. The van der Waals surface area contributed by atoms with Gasteiger partial charge in [0.25, 0.3) is 5.56 Å². The number of pyridine rings is 1. The van der Waals surface area contributed by atoms with Gasteiger partial charge in [0.2, 0.25) is 5.91 Å². The van der Waals surface area contributed by atoms with Crippen LogP contribution in [0.1, 0.15) is 6.42 Å². The average Bonchev–Trinajstić information content (AvgIpc) is 2.30. The normalized spacial score (nSPS) is 9.71. The van der Waals surface area contributed by atoms with Crippen LogP contribution in [0.15, 0.2) is 23.1 Å². The van der Waals surface area contributed by atoms with Crippen molar-refractivity contribution in [3.8, 4) is 6.07 Å². The lowest BCUT2D eigenvalue weighted by Gasteiger charge is -2.16. The van der Waals surface area contributed by atoms with Crippen LogP contribution < -0.4 is 5.56 Å². The van der Waals surface area contributed by atoms with Gasteiger partial charge in [-0.2, -0.15) is 5.26 Å². The molecule has 0 N–H and O–H groups in total. The maximum Gasteiger partial charge on any atom is 0.251 e. The molecule has 1 heterocycles. The van der Waals surface area contributed by atoms with Crippen molar-refractivity contribution in [3.63, 3.8) is 0 Å². The molecule has 5 nitrogen and oxygen atoms in total. The number of carbonyl (C=O) groups excluding carboxylic acids is 1. The molecule has 0 saturated heterocycles. The fourth-order valence-electron chi connectivity index (χ4n) is 1.23. The number of nitrogens with zero attached hydrogens (tertiary/aromatic N) is 3. The number of rotatable bonds is 4. The van der Waals surface area contributed by atoms with E-state index in [0.29, 0.717) is 11.6 Å². The number of hydrogen-bond donors (Lipinski definition) is 0. The number of likely N-dealkylation sites (N-methyl/N-ethyl adjacent to an activating group) is 1. The summed E-state index contributed by atoms with van der Waals surface area (Å²) in [6.45, 7) is 0.284. The van der Waals surface area contributed by atoms with E-state index in [0.717, 1.165) is 0 Å². The molecular weight excluding hydrogens is 242 g/mol. The molecule has 0 aromatic carbocycles. The standard InChI is InChI=1S/C11H12ClN3O2/c1-14(6-2-5-13)11(17)8-15-7-9(12)3-4-10(15)16/h3-4,7H,2,6,8H2,1H3. The van der Waals surface area contributed by atoms with Crippen LogP contribution in [0.5, 0.6) is 0 Å². The maximum atomic E-state index is 11.7. The van der Waals surface area contributed by atoms with Gasteiger partial charge in [-0.3, -0.25) is 9.59 Å². The highest BCUT2D eigenvalue weighted by Gasteiger charge is 2.09. The monoisotopic (exact) mass is 253 g/mol. The van der Waals surface area contributed by atoms with Crippen molar-refractivity contribution in [2.45, 2.75) is 13.0 Å². The SMILES string of the molecule is CN(CCC#N)C(=O)Cn1cc(Cl)ccc1=O. The van der Waals surface area contributed by atoms with Crippen LogP contribution in [0.4, 0.5) is 0 Å². The summed E-state index contributed by atoms with van der Waals surface area (Å²) in [7, 11) is 1.59. The second kappa shape index (κ2) is 6.06. The lowest BCUT2D eigenvalue weighted by Crippen LogP contribution is -2.34. The van der Waals surface area contributed by atoms with Crippen molar-refractivity contribution in [3.05, 3.63) is 33.7 Å². The Kier molecular flexibility index (Phi) is 4.73. The van der Waals surface area contributed by atoms with Crippen molar-refractivity contribution < 1.29 is 4.79 Å². The van der Waals surface area contributed by atoms with Crippen LogP contribution in [-0.2, 0) is 11.3 Å². The number of hydrogen-bond acceptors (Lipinski definition) is 3. The minimum absolute atomic E-state index is 0.0681. The zero-order chi connectivity index (χ0) is 12.8. The van der Waals surface area contributed by atoms with Gasteiger partial charge in [0.15, 0.2) is 0 Å². The molecule has 0 saturated carbocycles. The Balaban J connectivity index is 2.71. The third kappa shape index (κ3) is 3.93. The third-order valence-corrected chi connectivity index (χ3v) is 2.46. The molecule has 0 aliphatic carbocycles. The molecule has 0 bridgehead atoms. The fourth-order valence-corrected chi connectivity index (χ4v) is 1.42. The van der Waals surface area contributed by atoms with E-state index in [-0.39, 0.29) is 24.4 Å². The fraction of sp³-hybridized carbons (Fsp3) is 0.364. The number of amides is 1. The van der Waals surface area contributed by atoms with Crippen molar-refractivity contribution in [2.24, 2.45) is 0 Å². The third-order valence-electron chi connectivity index (χ3n) is 2.24.